The van der Waals surface area contributed by atoms with Gasteiger partial charge in [-0.3, -0.25) is 0 Å². The van der Waals surface area contributed by atoms with E-state index in [9.17, 15) is 26.3 Å². The van der Waals surface area contributed by atoms with Crippen molar-refractivity contribution >= 4 is 10.8 Å². The van der Waals surface area contributed by atoms with E-state index in [1.54, 1.807) is 0 Å². The molecule has 0 amide bonds. The molecule has 2 aromatic carbocycles. The molecule has 0 aromatic heterocycles. The number of alkyl halides is 3. The minimum Gasteiger partial charge on any atom is -0.489 e. The van der Waals surface area contributed by atoms with E-state index in [4.69, 9.17) is 4.74 Å². The number of hydrogen-bond donors (Lipinski definition) is 0. The highest BCUT2D eigenvalue weighted by Crippen LogP contribution is 2.31. The van der Waals surface area contributed by atoms with Gasteiger partial charge in [0.25, 0.3) is 0 Å². The largest absolute Gasteiger partial charge is 0.489 e. The van der Waals surface area contributed by atoms with Crippen LogP contribution in [0.2, 0.25) is 0 Å². The van der Waals surface area contributed by atoms with Gasteiger partial charge in [0.15, 0.2) is 5.82 Å². The van der Waals surface area contributed by atoms with E-state index in [0.29, 0.717) is 0 Å². The molecular weight excluding hydrogens is 370 g/mol. The Balaban J connectivity index is 1.96. The van der Waals surface area contributed by atoms with E-state index in [2.05, 4.69) is 0 Å². The Labute approximate surface area is 151 Å². The van der Waals surface area contributed by atoms with E-state index >= 15 is 0 Å². The number of benzene rings is 2. The number of halogens is 6. The Hall–Kier alpha value is -2.62. The maximum Gasteiger partial charge on any atom is 0.458 e. The summed E-state index contributed by atoms with van der Waals surface area (Å²) in [6.45, 7) is 0.241. The Morgan fingerprint density at radius 2 is 1.78 bits per heavy atom. The van der Waals surface area contributed by atoms with Gasteiger partial charge in [0.1, 0.15) is 24.0 Å². The number of hydrogen-bond acceptors (Lipinski definition) is 1. The molecule has 0 saturated carbocycles. The van der Waals surface area contributed by atoms with Gasteiger partial charge in [-0.15, -0.1) is 0 Å². The summed E-state index contributed by atoms with van der Waals surface area (Å²) >= 11 is 0. The second-order valence-electron chi connectivity index (χ2n) is 6.20. The molecule has 1 nitrogen and oxygen atoms in total. The van der Waals surface area contributed by atoms with E-state index in [1.165, 1.54) is 12.0 Å². The summed E-state index contributed by atoms with van der Waals surface area (Å²) in [5, 5.41) is -0.790. The summed E-state index contributed by atoms with van der Waals surface area (Å²) in [7, 11) is 0. The highest BCUT2D eigenvalue weighted by atomic mass is 19.4. The Morgan fingerprint density at radius 3 is 2.44 bits per heavy atom. The van der Waals surface area contributed by atoms with Crippen molar-refractivity contribution in [3.63, 3.8) is 0 Å². The van der Waals surface area contributed by atoms with Gasteiger partial charge in [0.05, 0.1) is 10.9 Å². The summed E-state index contributed by atoms with van der Waals surface area (Å²) in [6.07, 6.45) is 1.10. The molecule has 0 atom stereocenters. The topological polar surface area (TPSA) is 9.23 Å². The van der Waals surface area contributed by atoms with Gasteiger partial charge in [-0.05, 0) is 48.8 Å². The van der Waals surface area contributed by atoms with Crippen LogP contribution in [0.3, 0.4) is 0 Å². The van der Waals surface area contributed by atoms with Crippen LogP contribution in [0, 0.1) is 29.3 Å². The molecule has 7 heteroatoms. The first-order valence-electron chi connectivity index (χ1n) is 8.26. The Kier molecular flexibility index (Phi) is 5.36. The quantitative estimate of drug-likeness (QED) is 0.356. The fourth-order valence-electron chi connectivity index (χ4n) is 2.93. The fraction of sp³-hybridized carbons (Fsp3) is 0.300. The van der Waals surface area contributed by atoms with Crippen molar-refractivity contribution in [3.05, 3.63) is 52.9 Å². The van der Waals surface area contributed by atoms with Crippen LogP contribution in [0.15, 0.2) is 29.8 Å². The molecule has 0 aliphatic heterocycles. The first-order chi connectivity index (χ1) is 12.7. The lowest BCUT2D eigenvalue weighted by Gasteiger charge is -2.14. The first-order valence-corrected chi connectivity index (χ1v) is 8.26. The zero-order valence-corrected chi connectivity index (χ0v) is 14.0. The molecule has 2 aromatic rings. The van der Waals surface area contributed by atoms with Gasteiger partial charge in [-0.1, -0.05) is 12.0 Å². The second kappa shape index (κ2) is 7.55. The molecule has 1 aliphatic rings. The predicted molar refractivity (Wildman–Crippen MR) is 88.8 cm³/mol. The van der Waals surface area contributed by atoms with E-state index in [1.807, 2.05) is 6.08 Å². The van der Waals surface area contributed by atoms with Crippen molar-refractivity contribution in [1.29, 1.82) is 0 Å². The van der Waals surface area contributed by atoms with Crippen molar-refractivity contribution in [2.24, 2.45) is 0 Å². The minimum absolute atomic E-state index is 0.0828. The van der Waals surface area contributed by atoms with Crippen LogP contribution in [0.1, 0.15) is 31.2 Å². The number of fused-ring (bicyclic) bond motifs is 1. The lowest BCUT2D eigenvalue weighted by Crippen LogP contribution is -2.05. The highest BCUT2D eigenvalue weighted by Gasteiger charge is 2.24. The van der Waals surface area contributed by atoms with Gasteiger partial charge in [0, 0.05) is 12.0 Å². The number of ether oxygens (including phenoxy) is 1. The fourth-order valence-corrected chi connectivity index (χ4v) is 2.93. The van der Waals surface area contributed by atoms with Crippen LogP contribution in [-0.2, 0) is 0 Å². The summed E-state index contributed by atoms with van der Waals surface area (Å²) in [5.41, 5.74) is -0.0587. The summed E-state index contributed by atoms with van der Waals surface area (Å²) in [4.78, 5) is 0. The van der Waals surface area contributed by atoms with Crippen molar-refractivity contribution in [1.82, 2.24) is 0 Å². The molecular formula is C20H14F6O. The normalized spacial score (nSPS) is 14.5. The van der Waals surface area contributed by atoms with Crippen LogP contribution in [0.4, 0.5) is 26.3 Å². The molecule has 0 N–H and O–H groups in total. The van der Waals surface area contributed by atoms with Gasteiger partial charge < -0.3 is 4.74 Å². The van der Waals surface area contributed by atoms with Gasteiger partial charge in [0.2, 0.25) is 0 Å². The number of rotatable bonds is 3. The standard InChI is InChI=1S/C20H14F6O/c21-16-9-13-8-14(27-11-12-4-2-1-3-5-12)10-17(22)18(13)19(23)15(16)6-7-20(24,25)26/h4,8-10H,1-3,5,11H2. The third kappa shape index (κ3) is 4.57. The summed E-state index contributed by atoms with van der Waals surface area (Å²) in [6, 6.07) is 2.91. The van der Waals surface area contributed by atoms with E-state index in [-0.39, 0.29) is 17.7 Å². The molecule has 0 spiro atoms. The lowest BCUT2D eigenvalue weighted by atomic mass is 10.0. The smallest absolute Gasteiger partial charge is 0.458 e. The van der Waals surface area contributed by atoms with Crippen molar-refractivity contribution in [3.8, 4) is 17.6 Å². The third-order valence-corrected chi connectivity index (χ3v) is 4.19. The lowest BCUT2D eigenvalue weighted by molar-refractivity contribution is -0.0696. The van der Waals surface area contributed by atoms with E-state index < -0.39 is 34.6 Å². The average molecular weight is 384 g/mol. The highest BCUT2D eigenvalue weighted by molar-refractivity contribution is 5.86. The minimum atomic E-state index is -4.92. The van der Waals surface area contributed by atoms with Crippen molar-refractivity contribution < 1.29 is 31.1 Å². The van der Waals surface area contributed by atoms with Gasteiger partial charge in [-0.25, -0.2) is 13.2 Å². The molecule has 1 aliphatic carbocycles. The maximum absolute atomic E-state index is 14.4. The Morgan fingerprint density at radius 1 is 1.00 bits per heavy atom. The maximum atomic E-state index is 14.4. The molecule has 3 rings (SSSR count). The van der Waals surface area contributed by atoms with Crippen LogP contribution in [0.5, 0.6) is 5.75 Å². The van der Waals surface area contributed by atoms with Crippen molar-refractivity contribution in [2.45, 2.75) is 31.9 Å². The van der Waals surface area contributed by atoms with Crippen LogP contribution >= 0.6 is 0 Å². The molecule has 0 heterocycles. The monoisotopic (exact) mass is 384 g/mol. The van der Waals surface area contributed by atoms with Crippen LogP contribution < -0.4 is 4.74 Å². The van der Waals surface area contributed by atoms with Crippen LogP contribution in [0.25, 0.3) is 10.8 Å². The number of allylic oxidation sites excluding steroid dienone is 1. The third-order valence-electron chi connectivity index (χ3n) is 4.19. The zero-order chi connectivity index (χ0) is 19.6. The molecule has 27 heavy (non-hydrogen) atoms. The Bertz CT molecular complexity index is 963. The molecule has 0 bridgehead atoms. The average Bonchev–Trinajstić information content (AvgIpc) is 2.59. The summed E-state index contributed by atoms with van der Waals surface area (Å²) in [5.74, 6) is -1.57. The predicted octanol–water partition coefficient (Wildman–Crippen LogP) is 6.05. The molecule has 0 saturated heterocycles. The molecule has 0 fully saturated rings. The SMILES string of the molecule is Fc1cc2cc(OCC3=CCCCC3)cc(F)c2c(F)c1C#CC(F)(F)F. The zero-order valence-electron chi connectivity index (χ0n) is 14.0. The molecule has 142 valence electrons. The first kappa shape index (κ1) is 19.2. The second-order valence-corrected chi connectivity index (χ2v) is 6.20. The molecule has 0 unspecified atom stereocenters. The summed E-state index contributed by atoms with van der Waals surface area (Å²) < 4.78 is 84.8. The van der Waals surface area contributed by atoms with E-state index in [0.717, 1.165) is 49.3 Å². The van der Waals surface area contributed by atoms with Crippen molar-refractivity contribution in [2.75, 3.05) is 6.61 Å². The van der Waals surface area contributed by atoms with Gasteiger partial charge in [-0.2, -0.15) is 13.2 Å². The van der Waals surface area contributed by atoms with Gasteiger partial charge >= 0.3 is 6.18 Å². The van der Waals surface area contributed by atoms with Crippen LogP contribution in [-0.4, -0.2) is 12.8 Å². The molecule has 0 radical (unpaired) electrons.